The molecule has 0 aliphatic heterocycles. The number of nitrogens with zero attached hydrogens (tertiary/aromatic N) is 2. The van der Waals surface area contributed by atoms with Gasteiger partial charge in [0.2, 0.25) is 0 Å². The van der Waals surface area contributed by atoms with E-state index in [2.05, 4.69) is 103 Å². The van der Waals surface area contributed by atoms with Gasteiger partial charge in [-0.05, 0) is 94.9 Å². The molecule has 0 bridgehead atoms. The monoisotopic (exact) mass is 1070 g/mol. The summed E-state index contributed by atoms with van der Waals surface area (Å²) >= 11 is 0. The van der Waals surface area contributed by atoms with Crippen LogP contribution in [-0.2, 0) is 26.2 Å². The minimum atomic E-state index is 0. The minimum absolute atomic E-state index is 0. The zero-order valence-electron chi connectivity index (χ0n) is 45.3. The first-order valence-corrected chi connectivity index (χ1v) is 23.3. The molecule has 2 N–H and O–H groups in total. The second-order valence-corrected chi connectivity index (χ2v) is 19.9. The van der Waals surface area contributed by atoms with Crippen LogP contribution in [0.3, 0.4) is 0 Å². The van der Waals surface area contributed by atoms with E-state index in [9.17, 15) is 20.4 Å². The van der Waals surface area contributed by atoms with Crippen LogP contribution in [0.4, 0.5) is 0 Å². The van der Waals surface area contributed by atoms with Crippen LogP contribution in [0.25, 0.3) is 0 Å². The van der Waals surface area contributed by atoms with E-state index in [1.165, 1.54) is 26.5 Å². The van der Waals surface area contributed by atoms with Crippen molar-refractivity contribution in [1.82, 2.24) is 9.80 Å². The van der Waals surface area contributed by atoms with Gasteiger partial charge >= 0.3 is 93.1 Å². The van der Waals surface area contributed by atoms with Gasteiger partial charge in [-0.2, -0.15) is 0 Å². The molecule has 1 radical (unpaired) electrons. The maximum Gasteiger partial charge on any atom is 3.00 e. The van der Waals surface area contributed by atoms with E-state index in [4.69, 9.17) is 0 Å². The van der Waals surface area contributed by atoms with Gasteiger partial charge in [0.1, 0.15) is 13.1 Å². The molecule has 0 amide bonds. The zero-order valence-corrected chi connectivity index (χ0v) is 51.6. The van der Waals surface area contributed by atoms with Gasteiger partial charge in [-0.1, -0.05) is 197 Å². The van der Waals surface area contributed by atoms with Gasteiger partial charge in [-0.15, -0.1) is 11.5 Å². The Morgan fingerprint density at radius 3 is 0.881 bits per heavy atom. The molecular formula is C57H86CeKN4O4+2. The number of nitrogens with one attached hydrogen (secondary N) is 2. The summed E-state index contributed by atoms with van der Waals surface area (Å²) in [5.74, 6) is 2.18. The number of quaternary nitrogens is 2. The smallest absolute Gasteiger partial charge is 0.872 e. The molecule has 0 atom stereocenters. The maximum atomic E-state index is 12.2. The van der Waals surface area contributed by atoms with Crippen LogP contribution in [-0.4, -0.2) is 66.2 Å². The summed E-state index contributed by atoms with van der Waals surface area (Å²) in [4.78, 5) is 6.61. The average molecular weight is 1070 g/mol. The molecule has 0 aromatic heterocycles. The van der Waals surface area contributed by atoms with E-state index in [0.29, 0.717) is 23.7 Å². The van der Waals surface area contributed by atoms with Crippen molar-refractivity contribution < 1.29 is 123 Å². The van der Waals surface area contributed by atoms with E-state index < -0.39 is 0 Å². The van der Waals surface area contributed by atoms with E-state index >= 15 is 0 Å². The quantitative estimate of drug-likeness (QED) is 0.178. The van der Waals surface area contributed by atoms with Crippen LogP contribution in [0, 0.1) is 62.5 Å². The van der Waals surface area contributed by atoms with Gasteiger partial charge in [-0.3, -0.25) is 0 Å². The number of para-hydroxylation sites is 2. The Kier molecular flexibility index (Phi) is 34.6. The largest absolute Gasteiger partial charge is 3.00 e. The first-order valence-electron chi connectivity index (χ1n) is 23.3. The molecule has 0 aliphatic carbocycles. The SMILES string of the molecule is CC(C)c1cccc(C(C)C)c1[O-].CC(C)c1cccc(C(C)C)c1[O-].Cc1cc(CN(C)C)c([O-])c(C[NH+](C)C)c1.Cc1cc(CN(C)C)c([O-])c(C[NH+](C)C)c1.Cc1ccccc1.[Ce+3].[K+]. The van der Waals surface area contributed by atoms with Crippen LogP contribution in [0.15, 0.2) is 91.0 Å². The molecule has 0 saturated heterocycles. The predicted molar refractivity (Wildman–Crippen MR) is 268 cm³/mol. The van der Waals surface area contributed by atoms with Crippen molar-refractivity contribution >= 4 is 0 Å². The Morgan fingerprint density at radius 2 is 0.672 bits per heavy atom. The van der Waals surface area contributed by atoms with E-state index in [-0.39, 0.29) is 116 Å². The molecule has 5 rings (SSSR count). The average Bonchev–Trinajstić information content (AvgIpc) is 3.18. The normalized spacial score (nSPS) is 10.7. The molecule has 5 aromatic rings. The number of rotatable bonds is 12. The summed E-state index contributed by atoms with van der Waals surface area (Å²) in [5, 5.41) is 48.0. The van der Waals surface area contributed by atoms with Crippen LogP contribution in [0.2, 0.25) is 0 Å². The molecule has 5 aromatic carbocycles. The van der Waals surface area contributed by atoms with Crippen molar-refractivity contribution in [1.29, 1.82) is 0 Å². The summed E-state index contributed by atoms with van der Waals surface area (Å²) < 4.78 is 0. The number of aryl methyl sites for hydroxylation is 3. The van der Waals surface area contributed by atoms with Crippen LogP contribution in [0.1, 0.15) is 140 Å². The third-order valence-corrected chi connectivity index (χ3v) is 10.4. The second kappa shape index (κ2) is 34.5. The number of hydrogen-bond donors (Lipinski definition) is 2. The van der Waals surface area contributed by atoms with Crippen LogP contribution >= 0.6 is 0 Å². The van der Waals surface area contributed by atoms with Crippen molar-refractivity contribution in [3.63, 3.8) is 0 Å². The Balaban J connectivity index is 0. The van der Waals surface area contributed by atoms with Crippen molar-refractivity contribution in [2.75, 3.05) is 56.4 Å². The fourth-order valence-electron chi connectivity index (χ4n) is 7.30. The Hall–Kier alpha value is -1.85. The molecule has 0 unspecified atom stereocenters. The van der Waals surface area contributed by atoms with Crippen LogP contribution < -0.4 is 81.6 Å². The maximum absolute atomic E-state index is 12.2. The third kappa shape index (κ3) is 25.7. The molecule has 0 fully saturated rings. The van der Waals surface area contributed by atoms with E-state index in [1.807, 2.05) is 131 Å². The van der Waals surface area contributed by atoms with E-state index in [0.717, 1.165) is 70.7 Å². The van der Waals surface area contributed by atoms with Crippen molar-refractivity contribution in [3.8, 4) is 23.0 Å². The number of hydrogen-bond acceptors (Lipinski definition) is 6. The van der Waals surface area contributed by atoms with Crippen molar-refractivity contribution in [2.24, 2.45) is 0 Å². The summed E-state index contributed by atoms with van der Waals surface area (Å²) in [6.07, 6.45) is 0. The second-order valence-electron chi connectivity index (χ2n) is 19.9. The Bertz CT molecular complexity index is 1890. The third-order valence-electron chi connectivity index (χ3n) is 10.4. The predicted octanol–water partition coefficient (Wildman–Crippen LogP) is 4.56. The molecule has 0 heterocycles. The zero-order chi connectivity index (χ0) is 49.7. The molecule has 361 valence electrons. The fraction of sp³-hybridized carbons (Fsp3) is 0.474. The van der Waals surface area contributed by atoms with E-state index in [1.54, 1.807) is 0 Å². The number of benzene rings is 5. The first kappa shape index (κ1) is 67.2. The molecule has 8 nitrogen and oxygen atoms in total. The Labute approximate surface area is 485 Å². The van der Waals surface area contributed by atoms with Crippen molar-refractivity contribution in [2.45, 2.75) is 126 Å². The molecule has 10 heteroatoms. The molecule has 0 aliphatic rings. The minimum Gasteiger partial charge on any atom is -0.872 e. The van der Waals surface area contributed by atoms with Gasteiger partial charge in [0.05, 0.1) is 28.2 Å². The topological polar surface area (TPSA) is 108 Å². The fourth-order valence-corrected chi connectivity index (χ4v) is 7.30. The van der Waals surface area contributed by atoms with Crippen molar-refractivity contribution in [3.05, 3.63) is 152 Å². The van der Waals surface area contributed by atoms with Gasteiger partial charge in [-0.25, -0.2) is 0 Å². The summed E-state index contributed by atoms with van der Waals surface area (Å²) in [5.41, 5.74) is 11.1. The molecular weight excluding hydrogens is 984 g/mol. The summed E-state index contributed by atoms with van der Waals surface area (Å²) in [6.45, 7) is 25.7. The molecule has 0 spiro atoms. The first-order chi connectivity index (χ1) is 30.3. The van der Waals surface area contributed by atoms with Gasteiger partial charge in [0, 0.05) is 13.1 Å². The molecule has 67 heavy (non-hydrogen) atoms. The Morgan fingerprint density at radius 1 is 0.403 bits per heavy atom. The van der Waals surface area contributed by atoms with Crippen LogP contribution in [0.5, 0.6) is 23.0 Å². The summed E-state index contributed by atoms with van der Waals surface area (Å²) in [6, 6.07) is 29.9. The summed E-state index contributed by atoms with van der Waals surface area (Å²) in [7, 11) is 16.2. The standard InChI is InChI=1S/2C13H22N2O.2C12H18O.C7H8.Ce.K/c2*1-10-6-11(8-14(2)3)13(16)12(7-10)9-15(4)5;2*1-8(2)10-6-5-7-11(9(3)4)12(10)13;1-7-5-3-2-4-6-7;;/h2*6-7,16H,8-9H2,1-5H3;2*5-9,13H,1-4H3;2-6H,1H3;;/q;;;;;+3;+1/p-2. The molecule has 0 saturated carbocycles. The van der Waals surface area contributed by atoms with Gasteiger partial charge in [0.25, 0.3) is 0 Å². The van der Waals surface area contributed by atoms with Gasteiger partial charge < -0.3 is 40.0 Å². The van der Waals surface area contributed by atoms with Gasteiger partial charge in [0.15, 0.2) is 0 Å².